The van der Waals surface area contributed by atoms with Crippen LogP contribution in [0, 0.1) is 10.1 Å². The first-order valence-electron chi connectivity index (χ1n) is 5.28. The Labute approximate surface area is 108 Å². The molecule has 8 nitrogen and oxygen atoms in total. The smallest absolute Gasteiger partial charge is 0.313 e. The molecule has 0 aliphatic carbocycles. The molecule has 0 spiro atoms. The minimum absolute atomic E-state index is 0.0273. The number of nitrogens with one attached hydrogen (secondary N) is 1. The number of anilines is 1. The van der Waals surface area contributed by atoms with Gasteiger partial charge in [-0.1, -0.05) is 6.07 Å². The SMILES string of the molecule is NC(=Nc1ncccc1[N+](=O)[O-])Nc1ccccn1. The van der Waals surface area contributed by atoms with Crippen LogP contribution in [0.15, 0.2) is 47.7 Å². The molecule has 3 N–H and O–H groups in total. The standard InChI is InChI=1S/C11H10N6O2/c12-11(15-9-5-1-2-6-13-9)16-10-8(17(18)19)4-3-7-14-10/h1-7H,(H3,12,13,14,15,16). The van der Waals surface area contributed by atoms with Crippen LogP contribution in [-0.4, -0.2) is 20.9 Å². The minimum Gasteiger partial charge on any atom is -0.369 e. The monoisotopic (exact) mass is 258 g/mol. The molecule has 2 aromatic heterocycles. The van der Waals surface area contributed by atoms with E-state index in [1.165, 1.54) is 18.3 Å². The van der Waals surface area contributed by atoms with Crippen LogP contribution in [0.3, 0.4) is 0 Å². The van der Waals surface area contributed by atoms with Crippen molar-refractivity contribution in [1.82, 2.24) is 9.97 Å². The summed E-state index contributed by atoms with van der Waals surface area (Å²) < 4.78 is 0. The van der Waals surface area contributed by atoms with Crippen molar-refractivity contribution in [2.45, 2.75) is 0 Å². The van der Waals surface area contributed by atoms with Gasteiger partial charge in [0.05, 0.1) is 4.92 Å². The molecule has 0 saturated carbocycles. The van der Waals surface area contributed by atoms with Crippen molar-refractivity contribution in [3.05, 3.63) is 52.8 Å². The summed E-state index contributed by atoms with van der Waals surface area (Å²) in [7, 11) is 0. The van der Waals surface area contributed by atoms with Gasteiger partial charge in [0.25, 0.3) is 0 Å². The van der Waals surface area contributed by atoms with Gasteiger partial charge in [0.1, 0.15) is 5.82 Å². The fourth-order valence-electron chi connectivity index (χ4n) is 1.33. The summed E-state index contributed by atoms with van der Waals surface area (Å²) in [6, 6.07) is 7.97. The number of rotatable bonds is 3. The molecule has 0 saturated heterocycles. The van der Waals surface area contributed by atoms with Crippen LogP contribution in [0.4, 0.5) is 17.3 Å². The Morgan fingerprint density at radius 2 is 2.05 bits per heavy atom. The van der Waals surface area contributed by atoms with Crippen LogP contribution < -0.4 is 11.1 Å². The third-order valence-corrected chi connectivity index (χ3v) is 2.11. The first-order chi connectivity index (χ1) is 9.16. The van der Waals surface area contributed by atoms with Crippen molar-refractivity contribution in [2.75, 3.05) is 5.32 Å². The second-order valence-corrected chi connectivity index (χ2v) is 3.44. The molecule has 0 aliphatic rings. The number of pyridine rings is 2. The van der Waals surface area contributed by atoms with E-state index in [0.29, 0.717) is 5.82 Å². The lowest BCUT2D eigenvalue weighted by molar-refractivity contribution is -0.384. The van der Waals surface area contributed by atoms with Gasteiger partial charge in [-0.15, -0.1) is 0 Å². The summed E-state index contributed by atoms with van der Waals surface area (Å²) in [4.78, 5) is 21.9. The Morgan fingerprint density at radius 1 is 1.26 bits per heavy atom. The van der Waals surface area contributed by atoms with E-state index in [4.69, 9.17) is 5.73 Å². The Morgan fingerprint density at radius 3 is 2.74 bits per heavy atom. The number of nitrogens with two attached hydrogens (primary N) is 1. The van der Waals surface area contributed by atoms with E-state index in [9.17, 15) is 10.1 Å². The second-order valence-electron chi connectivity index (χ2n) is 3.44. The van der Waals surface area contributed by atoms with Crippen LogP contribution in [0.5, 0.6) is 0 Å². The van der Waals surface area contributed by atoms with Crippen LogP contribution in [0.2, 0.25) is 0 Å². The molecular formula is C11H10N6O2. The van der Waals surface area contributed by atoms with Gasteiger partial charge >= 0.3 is 5.69 Å². The maximum absolute atomic E-state index is 10.8. The minimum atomic E-state index is -0.570. The number of aromatic nitrogens is 2. The lowest BCUT2D eigenvalue weighted by Crippen LogP contribution is -2.22. The number of aliphatic imine (C=N–C) groups is 1. The van der Waals surface area contributed by atoms with Gasteiger partial charge in [0.15, 0.2) is 0 Å². The van der Waals surface area contributed by atoms with Gasteiger partial charge in [-0.05, 0) is 18.2 Å². The Bertz CT molecular complexity index is 614. The van der Waals surface area contributed by atoms with E-state index < -0.39 is 4.92 Å². The van der Waals surface area contributed by atoms with Crippen LogP contribution >= 0.6 is 0 Å². The van der Waals surface area contributed by atoms with Gasteiger partial charge in [0, 0.05) is 18.5 Å². The zero-order valence-electron chi connectivity index (χ0n) is 9.72. The van der Waals surface area contributed by atoms with Gasteiger partial charge in [-0.25, -0.2) is 9.97 Å². The van der Waals surface area contributed by atoms with Crippen LogP contribution in [0.25, 0.3) is 0 Å². The van der Waals surface area contributed by atoms with Crippen molar-refractivity contribution in [1.29, 1.82) is 0 Å². The molecule has 2 rings (SSSR count). The summed E-state index contributed by atoms with van der Waals surface area (Å²) in [5, 5.41) is 13.5. The summed E-state index contributed by atoms with van der Waals surface area (Å²) in [5.74, 6) is 0.399. The first-order valence-corrected chi connectivity index (χ1v) is 5.28. The molecule has 0 aliphatic heterocycles. The predicted molar refractivity (Wildman–Crippen MR) is 70.0 cm³/mol. The number of guanidine groups is 1. The molecule has 0 atom stereocenters. The maximum Gasteiger partial charge on any atom is 0.313 e. The highest BCUT2D eigenvalue weighted by molar-refractivity contribution is 5.93. The van der Waals surface area contributed by atoms with E-state index in [1.807, 2.05) is 0 Å². The lowest BCUT2D eigenvalue weighted by atomic mass is 10.4. The number of nitro groups is 1. The molecule has 0 radical (unpaired) electrons. The van der Waals surface area contributed by atoms with Crippen molar-refractivity contribution < 1.29 is 4.92 Å². The number of hydrogen-bond donors (Lipinski definition) is 2. The largest absolute Gasteiger partial charge is 0.369 e. The summed E-state index contributed by atoms with van der Waals surface area (Å²) in [6.45, 7) is 0. The van der Waals surface area contributed by atoms with E-state index in [-0.39, 0.29) is 17.5 Å². The zero-order chi connectivity index (χ0) is 13.7. The van der Waals surface area contributed by atoms with E-state index in [2.05, 4.69) is 20.3 Å². The van der Waals surface area contributed by atoms with Gasteiger partial charge in [0.2, 0.25) is 11.8 Å². The van der Waals surface area contributed by atoms with Crippen molar-refractivity contribution in [3.63, 3.8) is 0 Å². The first kappa shape index (κ1) is 12.4. The van der Waals surface area contributed by atoms with Crippen molar-refractivity contribution in [3.8, 4) is 0 Å². The Kier molecular flexibility index (Phi) is 3.62. The molecule has 8 heteroatoms. The third kappa shape index (κ3) is 3.22. The summed E-state index contributed by atoms with van der Waals surface area (Å²) in [6.07, 6.45) is 2.98. The number of nitrogens with zero attached hydrogens (tertiary/aromatic N) is 4. The molecular weight excluding hydrogens is 248 g/mol. The van der Waals surface area contributed by atoms with Crippen LogP contribution in [0.1, 0.15) is 0 Å². The topological polar surface area (TPSA) is 119 Å². The molecule has 96 valence electrons. The van der Waals surface area contributed by atoms with Crippen LogP contribution in [-0.2, 0) is 0 Å². The molecule has 2 aromatic rings. The van der Waals surface area contributed by atoms with Gasteiger partial charge in [-0.3, -0.25) is 10.1 Å². The fourth-order valence-corrected chi connectivity index (χ4v) is 1.33. The Balaban J connectivity index is 2.24. The molecule has 2 heterocycles. The normalized spacial score (nSPS) is 11.1. The number of hydrogen-bond acceptors (Lipinski definition) is 5. The Hall–Kier alpha value is -3.03. The van der Waals surface area contributed by atoms with Crippen molar-refractivity contribution in [2.24, 2.45) is 10.7 Å². The predicted octanol–water partition coefficient (Wildman–Crippen LogP) is 1.44. The van der Waals surface area contributed by atoms with E-state index in [0.717, 1.165) is 0 Å². The van der Waals surface area contributed by atoms with E-state index >= 15 is 0 Å². The highest BCUT2D eigenvalue weighted by Crippen LogP contribution is 2.23. The highest BCUT2D eigenvalue weighted by atomic mass is 16.6. The third-order valence-electron chi connectivity index (χ3n) is 2.11. The second kappa shape index (κ2) is 5.54. The summed E-state index contributed by atoms with van der Waals surface area (Å²) >= 11 is 0. The molecule has 19 heavy (non-hydrogen) atoms. The van der Waals surface area contributed by atoms with Crippen molar-refractivity contribution >= 4 is 23.3 Å². The molecule has 0 amide bonds. The summed E-state index contributed by atoms with van der Waals surface area (Å²) in [5.41, 5.74) is 5.43. The van der Waals surface area contributed by atoms with E-state index in [1.54, 1.807) is 24.4 Å². The molecule has 0 aromatic carbocycles. The maximum atomic E-state index is 10.8. The van der Waals surface area contributed by atoms with Gasteiger partial charge in [-0.2, -0.15) is 4.99 Å². The average molecular weight is 258 g/mol. The molecule has 0 unspecified atom stereocenters. The lowest BCUT2D eigenvalue weighted by Gasteiger charge is -2.03. The highest BCUT2D eigenvalue weighted by Gasteiger charge is 2.13. The molecule has 0 bridgehead atoms. The zero-order valence-corrected chi connectivity index (χ0v) is 9.72. The fraction of sp³-hybridized carbons (Fsp3) is 0. The average Bonchev–Trinajstić information content (AvgIpc) is 2.40. The van der Waals surface area contributed by atoms with Gasteiger partial charge < -0.3 is 11.1 Å². The quantitative estimate of drug-likeness (QED) is 0.372. The molecule has 0 fully saturated rings.